The lowest BCUT2D eigenvalue weighted by Gasteiger charge is -2.24. The highest BCUT2D eigenvalue weighted by atomic mass is 32.2. The number of rotatable bonds is 3. The summed E-state index contributed by atoms with van der Waals surface area (Å²) < 4.78 is 27.3. The van der Waals surface area contributed by atoms with E-state index in [2.05, 4.69) is 0 Å². The van der Waals surface area contributed by atoms with Gasteiger partial charge in [-0.2, -0.15) is 0 Å². The van der Waals surface area contributed by atoms with Crippen LogP contribution in [0, 0.1) is 0 Å². The average Bonchev–Trinajstić information content (AvgIpc) is 2.83. The Bertz CT molecular complexity index is 754. The van der Waals surface area contributed by atoms with Crippen molar-refractivity contribution in [2.75, 3.05) is 4.31 Å². The molecule has 1 aliphatic heterocycles. The van der Waals surface area contributed by atoms with Crippen LogP contribution in [0.5, 0.6) is 0 Å². The Morgan fingerprint density at radius 1 is 1.14 bits per heavy atom. The van der Waals surface area contributed by atoms with Crippen molar-refractivity contribution >= 4 is 15.7 Å². The molecule has 2 aromatic carbocycles. The topological polar surface area (TPSA) is 63.4 Å². The average molecular weight is 302 g/mol. The van der Waals surface area contributed by atoms with E-state index in [0.717, 1.165) is 23.2 Å². The van der Waals surface area contributed by atoms with Gasteiger partial charge in [-0.25, -0.2) is 8.42 Å². The first kappa shape index (κ1) is 14.1. The van der Waals surface area contributed by atoms with E-state index >= 15 is 0 Å². The van der Waals surface area contributed by atoms with E-state index < -0.39 is 10.0 Å². The number of hydrogen-bond donors (Lipinski definition) is 1. The Kier molecular flexibility index (Phi) is 3.47. The van der Waals surface area contributed by atoms with Crippen molar-refractivity contribution in [1.82, 2.24) is 0 Å². The predicted octanol–water partition coefficient (Wildman–Crippen LogP) is 2.29. The van der Waals surface area contributed by atoms with Crippen molar-refractivity contribution in [1.29, 1.82) is 0 Å². The lowest BCUT2D eigenvalue weighted by Crippen LogP contribution is -2.35. The number of nitrogens with zero attached hydrogens (tertiary/aromatic N) is 1. The summed E-state index contributed by atoms with van der Waals surface area (Å²) in [6.07, 6.45) is 0.746. The Balaban J connectivity index is 2.05. The lowest BCUT2D eigenvalue weighted by atomic mass is 10.1. The zero-order chi connectivity index (χ0) is 15.0. The molecule has 0 saturated carbocycles. The molecule has 0 radical (unpaired) electrons. The third-order valence-electron chi connectivity index (χ3n) is 3.86. The molecule has 1 unspecified atom stereocenters. The fourth-order valence-electron chi connectivity index (χ4n) is 2.81. The molecular formula is C16H18N2O2S. The molecule has 2 aromatic rings. The Labute approximate surface area is 125 Å². The minimum atomic E-state index is -3.53. The van der Waals surface area contributed by atoms with Crippen LogP contribution < -0.4 is 10.0 Å². The van der Waals surface area contributed by atoms with Gasteiger partial charge in [-0.3, -0.25) is 4.31 Å². The van der Waals surface area contributed by atoms with Crippen molar-refractivity contribution in [2.45, 2.75) is 30.8 Å². The van der Waals surface area contributed by atoms with Gasteiger partial charge in [0.05, 0.1) is 10.6 Å². The highest BCUT2D eigenvalue weighted by Gasteiger charge is 2.35. The molecule has 21 heavy (non-hydrogen) atoms. The largest absolute Gasteiger partial charge is 0.326 e. The monoisotopic (exact) mass is 302 g/mol. The fourth-order valence-corrected chi connectivity index (χ4v) is 4.51. The zero-order valence-corrected chi connectivity index (χ0v) is 12.7. The first-order chi connectivity index (χ1) is 10.0. The first-order valence-electron chi connectivity index (χ1n) is 6.95. The molecule has 1 heterocycles. The van der Waals surface area contributed by atoms with Gasteiger partial charge in [0.2, 0.25) is 0 Å². The van der Waals surface area contributed by atoms with Crippen molar-refractivity contribution in [3.63, 3.8) is 0 Å². The number of hydrogen-bond acceptors (Lipinski definition) is 3. The highest BCUT2D eigenvalue weighted by Crippen LogP contribution is 2.36. The van der Waals surface area contributed by atoms with Crippen LogP contribution in [0.4, 0.5) is 5.69 Å². The van der Waals surface area contributed by atoms with Gasteiger partial charge in [0.1, 0.15) is 0 Å². The van der Waals surface area contributed by atoms with E-state index in [-0.39, 0.29) is 6.04 Å². The second-order valence-corrected chi connectivity index (χ2v) is 7.15. The van der Waals surface area contributed by atoms with Crippen LogP contribution in [0.3, 0.4) is 0 Å². The maximum Gasteiger partial charge on any atom is 0.264 e. The molecule has 1 aliphatic rings. The predicted molar refractivity (Wildman–Crippen MR) is 83.6 cm³/mol. The van der Waals surface area contributed by atoms with Gasteiger partial charge in [0, 0.05) is 12.6 Å². The summed E-state index contributed by atoms with van der Waals surface area (Å²) in [5, 5.41) is 0. The minimum Gasteiger partial charge on any atom is -0.326 e. The Hall–Kier alpha value is -1.85. The van der Waals surface area contributed by atoms with Crippen molar-refractivity contribution in [3.05, 3.63) is 59.7 Å². The summed E-state index contributed by atoms with van der Waals surface area (Å²) in [7, 11) is -3.53. The van der Waals surface area contributed by atoms with E-state index in [9.17, 15) is 8.42 Å². The third-order valence-corrected chi connectivity index (χ3v) is 5.80. The van der Waals surface area contributed by atoms with Gasteiger partial charge in [-0.05, 0) is 42.7 Å². The third kappa shape index (κ3) is 2.32. The molecular weight excluding hydrogens is 284 g/mol. The smallest absolute Gasteiger partial charge is 0.264 e. The molecule has 110 valence electrons. The molecule has 0 spiro atoms. The van der Waals surface area contributed by atoms with Gasteiger partial charge in [-0.1, -0.05) is 30.3 Å². The molecule has 5 heteroatoms. The van der Waals surface area contributed by atoms with Gasteiger partial charge < -0.3 is 5.73 Å². The molecule has 1 atom stereocenters. The summed E-state index contributed by atoms with van der Waals surface area (Å²) in [6, 6.07) is 14.4. The van der Waals surface area contributed by atoms with Crippen LogP contribution in [0.25, 0.3) is 0 Å². The Morgan fingerprint density at radius 2 is 1.81 bits per heavy atom. The summed E-state index contributed by atoms with van der Waals surface area (Å²) >= 11 is 0. The van der Waals surface area contributed by atoms with Gasteiger partial charge >= 0.3 is 0 Å². The summed E-state index contributed by atoms with van der Waals surface area (Å²) in [5.74, 6) is 0. The summed E-state index contributed by atoms with van der Waals surface area (Å²) in [5.41, 5.74) is 8.34. The second kappa shape index (κ2) is 5.16. The van der Waals surface area contributed by atoms with E-state index in [1.807, 2.05) is 31.2 Å². The number of nitrogens with two attached hydrogens (primary N) is 1. The zero-order valence-electron chi connectivity index (χ0n) is 11.9. The van der Waals surface area contributed by atoms with Gasteiger partial charge in [-0.15, -0.1) is 0 Å². The summed E-state index contributed by atoms with van der Waals surface area (Å²) in [6.45, 7) is 2.34. The molecule has 0 aromatic heterocycles. The molecule has 0 amide bonds. The molecule has 0 aliphatic carbocycles. The van der Waals surface area contributed by atoms with Gasteiger partial charge in [0.15, 0.2) is 0 Å². The SMILES string of the molecule is CC1Cc2ccccc2N1S(=O)(=O)c1ccc(CN)cc1. The highest BCUT2D eigenvalue weighted by molar-refractivity contribution is 7.92. The number of anilines is 1. The van der Waals surface area contributed by atoms with E-state index in [4.69, 9.17) is 5.73 Å². The normalized spacial score (nSPS) is 17.8. The minimum absolute atomic E-state index is 0.0680. The van der Waals surface area contributed by atoms with E-state index in [0.29, 0.717) is 11.4 Å². The number of fused-ring (bicyclic) bond motifs is 1. The van der Waals surface area contributed by atoms with Crippen LogP contribution in [-0.2, 0) is 23.0 Å². The number of sulfonamides is 1. The number of para-hydroxylation sites is 1. The summed E-state index contributed by atoms with van der Waals surface area (Å²) in [4.78, 5) is 0.309. The van der Waals surface area contributed by atoms with Gasteiger partial charge in [0.25, 0.3) is 10.0 Å². The molecule has 3 rings (SSSR count). The maximum atomic E-state index is 12.9. The molecule has 4 nitrogen and oxygen atoms in total. The maximum absolute atomic E-state index is 12.9. The van der Waals surface area contributed by atoms with Crippen molar-refractivity contribution in [2.24, 2.45) is 5.73 Å². The standard InChI is InChI=1S/C16H18N2O2S/c1-12-10-14-4-2-3-5-16(14)18(12)21(19,20)15-8-6-13(11-17)7-9-15/h2-9,12H,10-11,17H2,1H3. The van der Waals surface area contributed by atoms with Crippen LogP contribution in [0.2, 0.25) is 0 Å². The van der Waals surface area contributed by atoms with Crippen LogP contribution in [0.1, 0.15) is 18.1 Å². The first-order valence-corrected chi connectivity index (χ1v) is 8.39. The van der Waals surface area contributed by atoms with Crippen molar-refractivity contribution < 1.29 is 8.42 Å². The van der Waals surface area contributed by atoms with E-state index in [1.54, 1.807) is 24.3 Å². The van der Waals surface area contributed by atoms with Crippen LogP contribution >= 0.6 is 0 Å². The van der Waals surface area contributed by atoms with Crippen LogP contribution in [-0.4, -0.2) is 14.5 Å². The number of benzene rings is 2. The Morgan fingerprint density at radius 3 is 2.48 bits per heavy atom. The molecule has 0 saturated heterocycles. The lowest BCUT2D eigenvalue weighted by molar-refractivity contribution is 0.584. The quantitative estimate of drug-likeness (QED) is 0.946. The molecule has 2 N–H and O–H groups in total. The van der Waals surface area contributed by atoms with E-state index in [1.165, 1.54) is 4.31 Å². The fraction of sp³-hybridized carbons (Fsp3) is 0.250. The molecule has 0 fully saturated rings. The second-order valence-electron chi connectivity index (χ2n) is 5.33. The molecule has 0 bridgehead atoms. The van der Waals surface area contributed by atoms with Crippen molar-refractivity contribution in [3.8, 4) is 0 Å². The van der Waals surface area contributed by atoms with Crippen LogP contribution in [0.15, 0.2) is 53.4 Å².